The van der Waals surface area contributed by atoms with E-state index in [2.05, 4.69) is 4.90 Å². The van der Waals surface area contributed by atoms with Crippen LogP contribution in [0.5, 0.6) is 0 Å². The van der Waals surface area contributed by atoms with E-state index in [0.717, 1.165) is 25.1 Å². The van der Waals surface area contributed by atoms with Crippen LogP contribution in [0.25, 0.3) is 0 Å². The van der Waals surface area contributed by atoms with Crippen LogP contribution in [0.15, 0.2) is 24.3 Å². The van der Waals surface area contributed by atoms with Gasteiger partial charge in [0, 0.05) is 12.6 Å². The molecule has 1 aliphatic rings. The van der Waals surface area contributed by atoms with Crippen molar-refractivity contribution in [3.05, 3.63) is 35.4 Å². The number of benzene rings is 1. The van der Waals surface area contributed by atoms with Crippen molar-refractivity contribution in [3.63, 3.8) is 0 Å². The Morgan fingerprint density at radius 1 is 1.40 bits per heavy atom. The average Bonchev–Trinajstić information content (AvgIpc) is 2.47. The first kappa shape index (κ1) is 15.0. The molecule has 0 saturated carbocycles. The van der Waals surface area contributed by atoms with Crippen LogP contribution < -0.4 is 0 Å². The number of hydrogen-bond acceptors (Lipinski definition) is 4. The maximum Gasteiger partial charge on any atom is 0.337 e. The molecular weight excluding hydrogens is 254 g/mol. The molecule has 1 fully saturated rings. The van der Waals surface area contributed by atoms with Crippen LogP contribution in [0.2, 0.25) is 0 Å². The van der Waals surface area contributed by atoms with E-state index in [1.54, 1.807) is 12.1 Å². The maximum absolute atomic E-state index is 11.4. The number of likely N-dealkylation sites (tertiary alicyclic amines) is 1. The first-order chi connectivity index (χ1) is 9.61. The number of piperidine rings is 1. The molecular formula is C16H23NO3. The highest BCUT2D eigenvalue weighted by atomic mass is 16.5. The predicted molar refractivity (Wildman–Crippen MR) is 77.5 cm³/mol. The van der Waals surface area contributed by atoms with E-state index in [9.17, 15) is 9.90 Å². The lowest BCUT2D eigenvalue weighted by Gasteiger charge is -2.37. The number of carbonyl (C=O) groups is 1. The van der Waals surface area contributed by atoms with Gasteiger partial charge in [0.25, 0.3) is 0 Å². The van der Waals surface area contributed by atoms with Gasteiger partial charge in [0.05, 0.1) is 18.8 Å². The van der Waals surface area contributed by atoms with Gasteiger partial charge in [-0.1, -0.05) is 18.6 Å². The van der Waals surface area contributed by atoms with Crippen LogP contribution in [0.4, 0.5) is 0 Å². The second-order valence-corrected chi connectivity index (χ2v) is 5.46. The van der Waals surface area contributed by atoms with Crippen molar-refractivity contribution < 1.29 is 14.6 Å². The molecule has 1 aromatic rings. The standard InChI is InChI=1S/C16H23NO3/c1-12(18)15-5-3-4-10-17(15)11-13-6-8-14(9-7-13)16(19)20-2/h6-9,12,15,18H,3-5,10-11H2,1-2H3. The van der Waals surface area contributed by atoms with Gasteiger partial charge in [0.15, 0.2) is 0 Å². The van der Waals surface area contributed by atoms with Crippen molar-refractivity contribution in [2.24, 2.45) is 0 Å². The average molecular weight is 277 g/mol. The summed E-state index contributed by atoms with van der Waals surface area (Å²) < 4.78 is 4.69. The van der Waals surface area contributed by atoms with Crippen molar-refractivity contribution in [3.8, 4) is 0 Å². The Hall–Kier alpha value is -1.39. The third kappa shape index (κ3) is 3.58. The molecule has 1 saturated heterocycles. The number of carbonyl (C=O) groups excluding carboxylic acids is 1. The van der Waals surface area contributed by atoms with Gasteiger partial charge in [0.1, 0.15) is 0 Å². The molecule has 2 rings (SSSR count). The highest BCUT2D eigenvalue weighted by molar-refractivity contribution is 5.89. The molecule has 4 nitrogen and oxygen atoms in total. The minimum Gasteiger partial charge on any atom is -0.465 e. The van der Waals surface area contributed by atoms with Crippen molar-refractivity contribution >= 4 is 5.97 Å². The summed E-state index contributed by atoms with van der Waals surface area (Å²) in [6.07, 6.45) is 3.12. The van der Waals surface area contributed by atoms with E-state index in [-0.39, 0.29) is 18.1 Å². The molecule has 20 heavy (non-hydrogen) atoms. The number of methoxy groups -OCH3 is 1. The van der Waals surface area contributed by atoms with Gasteiger partial charge in [-0.05, 0) is 44.0 Å². The van der Waals surface area contributed by atoms with Crippen LogP contribution in [0, 0.1) is 0 Å². The van der Waals surface area contributed by atoms with Gasteiger partial charge in [-0.3, -0.25) is 4.90 Å². The minimum absolute atomic E-state index is 0.240. The molecule has 0 amide bonds. The topological polar surface area (TPSA) is 49.8 Å². The zero-order valence-corrected chi connectivity index (χ0v) is 12.2. The molecule has 1 aliphatic heterocycles. The summed E-state index contributed by atoms with van der Waals surface area (Å²) >= 11 is 0. The van der Waals surface area contributed by atoms with Crippen molar-refractivity contribution in [2.75, 3.05) is 13.7 Å². The van der Waals surface area contributed by atoms with Crippen LogP contribution in [0.3, 0.4) is 0 Å². The van der Waals surface area contributed by atoms with Crippen LogP contribution in [0.1, 0.15) is 42.1 Å². The van der Waals surface area contributed by atoms with Gasteiger partial charge in [0.2, 0.25) is 0 Å². The molecule has 0 aliphatic carbocycles. The fourth-order valence-corrected chi connectivity index (χ4v) is 2.86. The Kier molecular flexibility index (Phi) is 5.15. The van der Waals surface area contributed by atoms with E-state index in [1.165, 1.54) is 20.0 Å². The number of aliphatic hydroxyl groups is 1. The molecule has 0 bridgehead atoms. The first-order valence-corrected chi connectivity index (χ1v) is 7.21. The normalized spacial score (nSPS) is 21.4. The molecule has 1 N–H and O–H groups in total. The SMILES string of the molecule is COC(=O)c1ccc(CN2CCCCC2C(C)O)cc1. The molecule has 0 aromatic heterocycles. The number of aliphatic hydroxyl groups excluding tert-OH is 1. The summed E-state index contributed by atoms with van der Waals surface area (Å²) in [5, 5.41) is 9.87. The fourth-order valence-electron chi connectivity index (χ4n) is 2.86. The van der Waals surface area contributed by atoms with E-state index in [0.29, 0.717) is 5.56 Å². The molecule has 2 unspecified atom stereocenters. The van der Waals surface area contributed by atoms with Gasteiger partial charge < -0.3 is 9.84 Å². The van der Waals surface area contributed by atoms with E-state index in [4.69, 9.17) is 4.74 Å². The zero-order chi connectivity index (χ0) is 14.5. The van der Waals surface area contributed by atoms with Crippen molar-refractivity contribution in [1.82, 2.24) is 4.90 Å². The molecule has 1 aromatic carbocycles. The Labute approximate surface area is 120 Å². The molecule has 2 atom stereocenters. The second-order valence-electron chi connectivity index (χ2n) is 5.46. The summed E-state index contributed by atoms with van der Waals surface area (Å²) in [7, 11) is 1.39. The largest absolute Gasteiger partial charge is 0.465 e. The quantitative estimate of drug-likeness (QED) is 0.857. The monoisotopic (exact) mass is 277 g/mol. The van der Waals surface area contributed by atoms with Crippen LogP contribution in [-0.2, 0) is 11.3 Å². The number of esters is 1. The summed E-state index contributed by atoms with van der Waals surface area (Å²) in [6, 6.07) is 7.74. The van der Waals surface area contributed by atoms with E-state index in [1.807, 2.05) is 19.1 Å². The number of hydrogen-bond donors (Lipinski definition) is 1. The van der Waals surface area contributed by atoms with Gasteiger partial charge in [-0.2, -0.15) is 0 Å². The maximum atomic E-state index is 11.4. The summed E-state index contributed by atoms with van der Waals surface area (Å²) in [5.41, 5.74) is 1.73. The third-order valence-corrected chi connectivity index (χ3v) is 3.98. The van der Waals surface area contributed by atoms with E-state index >= 15 is 0 Å². The lowest BCUT2D eigenvalue weighted by atomic mass is 9.97. The Balaban J connectivity index is 2.03. The Morgan fingerprint density at radius 3 is 2.70 bits per heavy atom. The molecule has 4 heteroatoms. The second kappa shape index (κ2) is 6.86. The Morgan fingerprint density at radius 2 is 2.10 bits per heavy atom. The summed E-state index contributed by atoms with van der Waals surface area (Å²) in [6.45, 7) is 3.70. The third-order valence-electron chi connectivity index (χ3n) is 3.98. The smallest absolute Gasteiger partial charge is 0.337 e. The zero-order valence-electron chi connectivity index (χ0n) is 12.2. The van der Waals surface area contributed by atoms with Crippen LogP contribution >= 0.6 is 0 Å². The van der Waals surface area contributed by atoms with Gasteiger partial charge in [-0.15, -0.1) is 0 Å². The lowest BCUT2D eigenvalue weighted by molar-refractivity contribution is 0.0317. The molecule has 0 spiro atoms. The van der Waals surface area contributed by atoms with Gasteiger partial charge in [-0.25, -0.2) is 4.79 Å². The number of nitrogens with zero attached hydrogens (tertiary/aromatic N) is 1. The van der Waals surface area contributed by atoms with E-state index < -0.39 is 0 Å². The Bertz CT molecular complexity index is 442. The number of ether oxygens (including phenoxy) is 1. The summed E-state index contributed by atoms with van der Waals surface area (Å²) in [4.78, 5) is 13.7. The molecule has 110 valence electrons. The first-order valence-electron chi connectivity index (χ1n) is 7.21. The highest BCUT2D eigenvalue weighted by Gasteiger charge is 2.26. The minimum atomic E-state index is -0.309. The fraction of sp³-hybridized carbons (Fsp3) is 0.562. The van der Waals surface area contributed by atoms with Crippen molar-refractivity contribution in [1.29, 1.82) is 0 Å². The van der Waals surface area contributed by atoms with Gasteiger partial charge >= 0.3 is 5.97 Å². The highest BCUT2D eigenvalue weighted by Crippen LogP contribution is 2.22. The predicted octanol–water partition coefficient (Wildman–Crippen LogP) is 2.21. The summed E-state index contributed by atoms with van der Waals surface area (Å²) in [5.74, 6) is -0.309. The molecule has 1 heterocycles. The lowest BCUT2D eigenvalue weighted by Crippen LogP contribution is -2.45. The molecule has 0 radical (unpaired) electrons. The van der Waals surface area contributed by atoms with Crippen LogP contribution in [-0.4, -0.2) is 41.8 Å². The van der Waals surface area contributed by atoms with Crippen molar-refractivity contribution in [2.45, 2.75) is 44.9 Å². The number of rotatable bonds is 4.